The summed E-state index contributed by atoms with van der Waals surface area (Å²) in [5, 5.41) is -0.154. The fourth-order valence-corrected chi connectivity index (χ4v) is 1.43. The highest BCUT2D eigenvalue weighted by Crippen LogP contribution is 2.28. The number of rotatable bonds is 1. The molecule has 1 aromatic heterocycles. The summed E-state index contributed by atoms with van der Waals surface area (Å²) in [7, 11) is 1.36. The molecule has 0 unspecified atom stereocenters. The Balaban J connectivity index is 2.78. The van der Waals surface area contributed by atoms with Crippen LogP contribution < -0.4 is 10.2 Å². The summed E-state index contributed by atoms with van der Waals surface area (Å²) < 4.78 is 47.0. The minimum Gasteiger partial charge on any atom is -0.497 e. The van der Waals surface area contributed by atoms with Gasteiger partial charge in [0.1, 0.15) is 23.2 Å². The number of fused-ring (bicyclic) bond motifs is 1. The molecule has 0 amide bonds. The third-order valence-electron chi connectivity index (χ3n) is 2.29. The average Bonchev–Trinajstić information content (AvgIpc) is 2.27. The van der Waals surface area contributed by atoms with Gasteiger partial charge < -0.3 is 9.15 Å². The van der Waals surface area contributed by atoms with E-state index in [1.54, 1.807) is 0 Å². The summed E-state index contributed by atoms with van der Waals surface area (Å²) in [4.78, 5) is 11.6. The Labute approximate surface area is 93.4 Å². The monoisotopic (exact) mass is 244 g/mol. The molecule has 17 heavy (non-hydrogen) atoms. The van der Waals surface area contributed by atoms with Gasteiger partial charge in [-0.1, -0.05) is 0 Å². The van der Waals surface area contributed by atoms with Gasteiger partial charge >= 0.3 is 6.18 Å². The largest absolute Gasteiger partial charge is 0.497 e. The lowest BCUT2D eigenvalue weighted by Gasteiger charge is -2.06. The van der Waals surface area contributed by atoms with E-state index in [0.717, 1.165) is 0 Å². The molecule has 0 bridgehead atoms. The van der Waals surface area contributed by atoms with Crippen LogP contribution in [0.15, 0.2) is 33.7 Å². The van der Waals surface area contributed by atoms with E-state index in [-0.39, 0.29) is 11.0 Å². The molecule has 1 aromatic carbocycles. The first kappa shape index (κ1) is 11.5. The van der Waals surface area contributed by atoms with Crippen molar-refractivity contribution in [2.75, 3.05) is 7.11 Å². The van der Waals surface area contributed by atoms with Gasteiger partial charge in [-0.3, -0.25) is 4.79 Å². The van der Waals surface area contributed by atoms with Crippen LogP contribution in [0.5, 0.6) is 5.75 Å². The molecule has 0 fully saturated rings. The van der Waals surface area contributed by atoms with Crippen molar-refractivity contribution < 1.29 is 22.3 Å². The second-order valence-corrected chi connectivity index (χ2v) is 3.34. The Bertz CT molecular complexity index is 613. The van der Waals surface area contributed by atoms with Crippen LogP contribution in [0.4, 0.5) is 13.2 Å². The number of benzene rings is 1. The van der Waals surface area contributed by atoms with Crippen LogP contribution in [0.25, 0.3) is 11.0 Å². The van der Waals surface area contributed by atoms with E-state index in [1.807, 2.05) is 0 Å². The Morgan fingerprint density at radius 2 is 2.00 bits per heavy atom. The second kappa shape index (κ2) is 3.80. The van der Waals surface area contributed by atoms with Gasteiger partial charge in [0.2, 0.25) is 5.43 Å². The van der Waals surface area contributed by atoms with Crippen molar-refractivity contribution in [3.05, 3.63) is 40.2 Å². The van der Waals surface area contributed by atoms with Gasteiger partial charge in [-0.05, 0) is 18.2 Å². The summed E-state index contributed by atoms with van der Waals surface area (Å²) in [6.45, 7) is 0. The third-order valence-corrected chi connectivity index (χ3v) is 2.29. The molecule has 0 radical (unpaired) electrons. The zero-order valence-corrected chi connectivity index (χ0v) is 8.67. The van der Waals surface area contributed by atoms with Crippen LogP contribution in [0.2, 0.25) is 0 Å². The molecule has 0 saturated carbocycles. The number of halogens is 3. The topological polar surface area (TPSA) is 39.4 Å². The molecule has 0 aliphatic carbocycles. The van der Waals surface area contributed by atoms with Gasteiger partial charge in [0.15, 0.2) is 0 Å². The van der Waals surface area contributed by atoms with Crippen molar-refractivity contribution in [2.24, 2.45) is 0 Å². The molecule has 6 heteroatoms. The predicted molar refractivity (Wildman–Crippen MR) is 54.0 cm³/mol. The van der Waals surface area contributed by atoms with E-state index in [9.17, 15) is 18.0 Å². The van der Waals surface area contributed by atoms with Crippen molar-refractivity contribution in [1.29, 1.82) is 0 Å². The van der Waals surface area contributed by atoms with Gasteiger partial charge in [0.25, 0.3) is 0 Å². The van der Waals surface area contributed by atoms with Gasteiger partial charge in [-0.2, -0.15) is 13.2 Å². The molecule has 0 atom stereocenters. The lowest BCUT2D eigenvalue weighted by molar-refractivity contribution is -0.139. The molecule has 2 rings (SSSR count). The summed E-state index contributed by atoms with van der Waals surface area (Å²) in [5.41, 5.74) is -2.35. The normalized spacial score (nSPS) is 11.8. The van der Waals surface area contributed by atoms with Crippen LogP contribution in [0.1, 0.15) is 5.56 Å². The van der Waals surface area contributed by atoms with Crippen molar-refractivity contribution in [3.63, 3.8) is 0 Å². The maximum atomic E-state index is 12.5. The minimum absolute atomic E-state index is 0.0869. The van der Waals surface area contributed by atoms with E-state index in [0.29, 0.717) is 12.0 Å². The number of ether oxygens (including phenoxy) is 1. The van der Waals surface area contributed by atoms with E-state index in [1.165, 1.54) is 25.3 Å². The van der Waals surface area contributed by atoms with Crippen LogP contribution in [0, 0.1) is 0 Å². The smallest absolute Gasteiger partial charge is 0.423 e. The SMILES string of the molecule is COc1ccc2occ(C(F)(F)F)c(=O)c2c1. The van der Waals surface area contributed by atoms with Gasteiger partial charge in [0.05, 0.1) is 12.5 Å². The average molecular weight is 244 g/mol. The van der Waals surface area contributed by atoms with Crippen LogP contribution in [-0.2, 0) is 6.18 Å². The van der Waals surface area contributed by atoms with Crippen molar-refractivity contribution in [3.8, 4) is 5.75 Å². The third kappa shape index (κ3) is 1.98. The number of alkyl halides is 3. The van der Waals surface area contributed by atoms with Crippen LogP contribution in [-0.4, -0.2) is 7.11 Å². The first-order valence-electron chi connectivity index (χ1n) is 4.60. The number of hydrogen-bond donors (Lipinski definition) is 0. The highest BCUT2D eigenvalue weighted by atomic mass is 19.4. The highest BCUT2D eigenvalue weighted by molar-refractivity contribution is 5.78. The van der Waals surface area contributed by atoms with E-state index < -0.39 is 17.2 Å². The Morgan fingerprint density at radius 1 is 1.29 bits per heavy atom. The molecular weight excluding hydrogens is 237 g/mol. The molecule has 1 heterocycles. The zero-order chi connectivity index (χ0) is 12.6. The van der Waals surface area contributed by atoms with E-state index in [4.69, 9.17) is 9.15 Å². The van der Waals surface area contributed by atoms with Crippen molar-refractivity contribution in [2.45, 2.75) is 6.18 Å². The molecule has 3 nitrogen and oxygen atoms in total. The lowest BCUT2D eigenvalue weighted by atomic mass is 10.1. The summed E-state index contributed by atoms with van der Waals surface area (Å²) in [6.07, 6.45) is -4.30. The number of hydrogen-bond acceptors (Lipinski definition) is 3. The molecular formula is C11H7F3O3. The molecule has 0 aliphatic heterocycles. The standard InChI is InChI=1S/C11H7F3O3/c1-16-6-2-3-9-7(4-6)10(15)8(5-17-9)11(12,13)14/h2-5H,1H3. The fraction of sp³-hybridized carbons (Fsp3) is 0.182. The molecule has 0 spiro atoms. The fourth-order valence-electron chi connectivity index (χ4n) is 1.43. The Hall–Kier alpha value is -1.98. The lowest BCUT2D eigenvalue weighted by Crippen LogP contribution is -2.18. The molecule has 90 valence electrons. The predicted octanol–water partition coefficient (Wildman–Crippen LogP) is 2.82. The molecule has 0 saturated heterocycles. The van der Waals surface area contributed by atoms with Gasteiger partial charge in [-0.25, -0.2) is 0 Å². The second-order valence-electron chi connectivity index (χ2n) is 3.34. The number of methoxy groups -OCH3 is 1. The first-order chi connectivity index (χ1) is 7.93. The Morgan fingerprint density at radius 3 is 2.59 bits per heavy atom. The van der Waals surface area contributed by atoms with E-state index >= 15 is 0 Å². The molecule has 2 aromatic rings. The highest BCUT2D eigenvalue weighted by Gasteiger charge is 2.35. The van der Waals surface area contributed by atoms with Crippen LogP contribution in [0.3, 0.4) is 0 Å². The zero-order valence-electron chi connectivity index (χ0n) is 8.67. The summed E-state index contributed by atoms with van der Waals surface area (Å²) in [6, 6.07) is 4.10. The minimum atomic E-state index is -4.72. The van der Waals surface area contributed by atoms with Crippen molar-refractivity contribution in [1.82, 2.24) is 0 Å². The first-order valence-corrected chi connectivity index (χ1v) is 4.60. The van der Waals surface area contributed by atoms with E-state index in [2.05, 4.69) is 0 Å². The van der Waals surface area contributed by atoms with Gasteiger partial charge in [-0.15, -0.1) is 0 Å². The van der Waals surface area contributed by atoms with Crippen molar-refractivity contribution >= 4 is 11.0 Å². The summed E-state index contributed by atoms with van der Waals surface area (Å²) in [5.74, 6) is 0.295. The molecule has 0 N–H and O–H groups in total. The molecule has 0 aliphatic rings. The maximum absolute atomic E-state index is 12.5. The van der Waals surface area contributed by atoms with Gasteiger partial charge in [0, 0.05) is 0 Å². The van der Waals surface area contributed by atoms with Crippen LogP contribution >= 0.6 is 0 Å². The quantitative estimate of drug-likeness (QED) is 0.774. The Kier molecular flexibility index (Phi) is 2.57. The summed E-state index contributed by atoms with van der Waals surface area (Å²) >= 11 is 0. The maximum Gasteiger partial charge on any atom is 0.423 e.